The van der Waals surface area contributed by atoms with Crippen LogP contribution in [0.15, 0.2) is 24.3 Å². The molecule has 3 fully saturated rings. The molecule has 1 aliphatic heterocycles. The Morgan fingerprint density at radius 1 is 0.885 bits per heavy atom. The van der Waals surface area contributed by atoms with Crippen LogP contribution in [0.4, 0.5) is 5.69 Å². The van der Waals surface area contributed by atoms with E-state index >= 15 is 0 Å². The lowest BCUT2D eigenvalue weighted by molar-refractivity contribution is -0.135. The number of carbonyl (C=O) groups excluding carboxylic acids is 3. The zero-order valence-electron chi connectivity index (χ0n) is 14.9. The smallest absolute Gasteiger partial charge is 0.253 e. The van der Waals surface area contributed by atoms with Crippen LogP contribution >= 0.6 is 0 Å². The van der Waals surface area contributed by atoms with E-state index in [1.807, 2.05) is 11.0 Å². The van der Waals surface area contributed by atoms with Gasteiger partial charge in [0.15, 0.2) is 0 Å². The van der Waals surface area contributed by atoms with Crippen LogP contribution in [0.25, 0.3) is 0 Å². The molecule has 138 valence electrons. The summed E-state index contributed by atoms with van der Waals surface area (Å²) in [7, 11) is 0. The second kappa shape index (κ2) is 7.09. The third kappa shape index (κ3) is 3.89. The quantitative estimate of drug-likeness (QED) is 0.850. The number of benzene rings is 1. The predicted molar refractivity (Wildman–Crippen MR) is 97.6 cm³/mol. The zero-order chi connectivity index (χ0) is 18.1. The number of piperidine rings is 1. The monoisotopic (exact) mass is 355 g/mol. The van der Waals surface area contributed by atoms with Crippen LogP contribution in [-0.2, 0) is 9.59 Å². The van der Waals surface area contributed by atoms with Crippen LogP contribution in [0.1, 0.15) is 48.9 Å². The summed E-state index contributed by atoms with van der Waals surface area (Å²) in [5, 5.41) is 5.89. The maximum atomic E-state index is 12.7. The summed E-state index contributed by atoms with van der Waals surface area (Å²) in [6.07, 6.45) is 5.44. The van der Waals surface area contributed by atoms with Gasteiger partial charge >= 0.3 is 0 Å². The first kappa shape index (κ1) is 17.1. The van der Waals surface area contributed by atoms with Crippen molar-refractivity contribution in [1.82, 2.24) is 10.2 Å². The summed E-state index contributed by atoms with van der Waals surface area (Å²) in [4.78, 5) is 39.0. The van der Waals surface area contributed by atoms with Gasteiger partial charge in [-0.3, -0.25) is 14.4 Å². The largest absolute Gasteiger partial charge is 0.349 e. The fourth-order valence-corrected chi connectivity index (χ4v) is 3.47. The van der Waals surface area contributed by atoms with E-state index < -0.39 is 0 Å². The molecule has 2 saturated carbocycles. The fourth-order valence-electron chi connectivity index (χ4n) is 3.47. The molecule has 6 heteroatoms. The minimum atomic E-state index is -0.131. The topological polar surface area (TPSA) is 78.5 Å². The minimum Gasteiger partial charge on any atom is -0.349 e. The Morgan fingerprint density at radius 3 is 2.23 bits per heavy atom. The van der Waals surface area contributed by atoms with E-state index in [0.29, 0.717) is 37.2 Å². The number of likely N-dealkylation sites (tertiary alicyclic amines) is 1. The second-order valence-electron chi connectivity index (χ2n) is 7.66. The third-order valence-corrected chi connectivity index (χ3v) is 5.45. The molecule has 1 aromatic rings. The summed E-state index contributed by atoms with van der Waals surface area (Å²) in [5.41, 5.74) is 1.07. The number of nitrogens with one attached hydrogen (secondary N) is 2. The molecule has 0 bridgehead atoms. The highest BCUT2D eigenvalue weighted by Gasteiger charge is 2.36. The average Bonchev–Trinajstić information content (AvgIpc) is 3.55. The SMILES string of the molecule is O=C(NC1CC1)c1ccccc1NC(=O)C1CCN(C(=O)C2CC2)CC1. The molecular formula is C20H25N3O3. The van der Waals surface area contributed by atoms with E-state index in [4.69, 9.17) is 0 Å². The maximum Gasteiger partial charge on any atom is 0.253 e. The van der Waals surface area contributed by atoms with Crippen molar-refractivity contribution in [3.05, 3.63) is 29.8 Å². The lowest BCUT2D eigenvalue weighted by Crippen LogP contribution is -2.42. The molecule has 26 heavy (non-hydrogen) atoms. The highest BCUT2D eigenvalue weighted by molar-refractivity contribution is 6.04. The Hall–Kier alpha value is -2.37. The summed E-state index contributed by atoms with van der Waals surface area (Å²) in [6, 6.07) is 7.41. The summed E-state index contributed by atoms with van der Waals surface area (Å²) in [5.74, 6) is 0.185. The predicted octanol–water partition coefficient (Wildman–Crippen LogP) is 2.17. The normalized spacial score (nSPS) is 20.5. The van der Waals surface area contributed by atoms with Gasteiger partial charge < -0.3 is 15.5 Å². The average molecular weight is 355 g/mol. The second-order valence-corrected chi connectivity index (χ2v) is 7.66. The van der Waals surface area contributed by atoms with Crippen molar-refractivity contribution in [3.63, 3.8) is 0 Å². The van der Waals surface area contributed by atoms with Crippen molar-refractivity contribution >= 4 is 23.4 Å². The van der Waals surface area contributed by atoms with Gasteiger partial charge in [-0.1, -0.05) is 12.1 Å². The molecular weight excluding hydrogens is 330 g/mol. The van der Waals surface area contributed by atoms with Crippen molar-refractivity contribution in [3.8, 4) is 0 Å². The number of hydrogen-bond donors (Lipinski definition) is 2. The van der Waals surface area contributed by atoms with Crippen LogP contribution in [0.5, 0.6) is 0 Å². The van der Waals surface area contributed by atoms with E-state index in [1.54, 1.807) is 18.2 Å². The summed E-state index contributed by atoms with van der Waals surface area (Å²) in [6.45, 7) is 1.30. The molecule has 6 nitrogen and oxygen atoms in total. The highest BCUT2D eigenvalue weighted by Crippen LogP contribution is 2.32. The molecule has 3 amide bonds. The van der Waals surface area contributed by atoms with Gasteiger partial charge in [-0.15, -0.1) is 0 Å². The molecule has 0 atom stereocenters. The van der Waals surface area contributed by atoms with Crippen LogP contribution in [-0.4, -0.2) is 41.8 Å². The van der Waals surface area contributed by atoms with Crippen molar-refractivity contribution in [2.75, 3.05) is 18.4 Å². The molecule has 0 aromatic heterocycles. The van der Waals surface area contributed by atoms with Gasteiger partial charge in [0, 0.05) is 31.0 Å². The van der Waals surface area contributed by atoms with E-state index in [0.717, 1.165) is 25.7 Å². The zero-order valence-corrected chi connectivity index (χ0v) is 14.9. The first-order valence-electron chi connectivity index (χ1n) is 9.61. The Bertz CT molecular complexity index is 717. The number of nitrogens with zero attached hydrogens (tertiary/aromatic N) is 1. The summed E-state index contributed by atoms with van der Waals surface area (Å²) >= 11 is 0. The van der Waals surface area contributed by atoms with Crippen molar-refractivity contribution in [1.29, 1.82) is 0 Å². The lowest BCUT2D eigenvalue weighted by atomic mass is 9.95. The fraction of sp³-hybridized carbons (Fsp3) is 0.550. The van der Waals surface area contributed by atoms with Gasteiger partial charge in [0.25, 0.3) is 5.91 Å². The van der Waals surface area contributed by atoms with Crippen LogP contribution in [0, 0.1) is 11.8 Å². The van der Waals surface area contributed by atoms with Crippen LogP contribution in [0.2, 0.25) is 0 Å². The molecule has 0 unspecified atom stereocenters. The van der Waals surface area contributed by atoms with Gasteiger partial charge in [-0.25, -0.2) is 0 Å². The van der Waals surface area contributed by atoms with Crippen molar-refractivity contribution in [2.45, 2.75) is 44.6 Å². The van der Waals surface area contributed by atoms with Gasteiger partial charge in [0.2, 0.25) is 11.8 Å². The van der Waals surface area contributed by atoms with Crippen LogP contribution in [0.3, 0.4) is 0 Å². The Balaban J connectivity index is 1.34. The Morgan fingerprint density at radius 2 is 1.58 bits per heavy atom. The van der Waals surface area contributed by atoms with E-state index in [-0.39, 0.29) is 35.6 Å². The molecule has 2 aliphatic carbocycles. The van der Waals surface area contributed by atoms with Crippen LogP contribution < -0.4 is 10.6 Å². The minimum absolute atomic E-state index is 0.0600. The number of carbonyl (C=O) groups is 3. The Kier molecular flexibility index (Phi) is 4.66. The van der Waals surface area contributed by atoms with Gasteiger partial charge in [-0.05, 0) is 50.7 Å². The van der Waals surface area contributed by atoms with Crippen molar-refractivity contribution in [2.24, 2.45) is 11.8 Å². The van der Waals surface area contributed by atoms with E-state index in [2.05, 4.69) is 10.6 Å². The highest BCUT2D eigenvalue weighted by atomic mass is 16.2. The third-order valence-electron chi connectivity index (χ3n) is 5.45. The maximum absolute atomic E-state index is 12.7. The molecule has 0 radical (unpaired) electrons. The lowest BCUT2D eigenvalue weighted by Gasteiger charge is -2.31. The molecule has 3 aliphatic rings. The number of amides is 3. The number of rotatable bonds is 5. The standard InChI is InChI=1S/C20H25N3O3/c24-18(13-9-11-23(12-10-13)20(26)14-5-6-14)22-17-4-2-1-3-16(17)19(25)21-15-7-8-15/h1-4,13-15H,5-12H2,(H,21,25)(H,22,24). The number of para-hydroxylation sites is 1. The molecule has 1 heterocycles. The van der Waals surface area contributed by atoms with Crippen molar-refractivity contribution < 1.29 is 14.4 Å². The van der Waals surface area contributed by atoms with Gasteiger partial charge in [0.1, 0.15) is 0 Å². The Labute approximate surface area is 153 Å². The summed E-state index contributed by atoms with van der Waals surface area (Å²) < 4.78 is 0. The number of hydrogen-bond acceptors (Lipinski definition) is 3. The van der Waals surface area contributed by atoms with E-state index in [1.165, 1.54) is 0 Å². The van der Waals surface area contributed by atoms with Gasteiger partial charge in [0.05, 0.1) is 11.3 Å². The molecule has 4 rings (SSSR count). The first-order chi connectivity index (χ1) is 12.6. The number of anilines is 1. The van der Waals surface area contributed by atoms with E-state index in [9.17, 15) is 14.4 Å². The molecule has 0 spiro atoms. The van der Waals surface area contributed by atoms with Gasteiger partial charge in [-0.2, -0.15) is 0 Å². The molecule has 1 saturated heterocycles. The molecule has 1 aromatic carbocycles. The first-order valence-corrected chi connectivity index (χ1v) is 9.61. The molecule has 2 N–H and O–H groups in total.